The molecule has 0 saturated heterocycles. The Labute approximate surface area is 81.4 Å². The Kier molecular flexibility index (Phi) is 2.76. The number of benzene rings is 1. The molecular weight excluding hydrogens is 206 g/mol. The number of phenolic OH excluding ortho intramolecular Hbond substituents is 1. The van der Waals surface area contributed by atoms with Crippen LogP contribution in [0.4, 0.5) is 5.69 Å². The first-order valence-corrected chi connectivity index (χ1v) is 5.57. The van der Waals surface area contributed by atoms with E-state index < -0.39 is 10.0 Å². The van der Waals surface area contributed by atoms with Crippen molar-refractivity contribution < 1.29 is 18.3 Å². The van der Waals surface area contributed by atoms with Gasteiger partial charge in [0, 0.05) is 5.69 Å². The van der Waals surface area contributed by atoms with E-state index in [1.54, 1.807) is 0 Å². The standard InChI is InChI=1S/C8H9NO4S/c1-14(12,13)9-7-2-3-8(11)6(4-7)5-10/h2-5,9,11H,1H3. The van der Waals surface area contributed by atoms with Crippen molar-refractivity contribution in [2.24, 2.45) is 0 Å². The second-order valence-electron chi connectivity index (χ2n) is 2.77. The average Bonchev–Trinajstić information content (AvgIpc) is 2.06. The number of aldehydes is 1. The zero-order valence-corrected chi connectivity index (χ0v) is 8.21. The third-order valence-corrected chi connectivity index (χ3v) is 2.06. The maximum Gasteiger partial charge on any atom is 0.229 e. The highest BCUT2D eigenvalue weighted by molar-refractivity contribution is 7.92. The van der Waals surface area contributed by atoms with Crippen molar-refractivity contribution >= 4 is 22.0 Å². The summed E-state index contributed by atoms with van der Waals surface area (Å²) in [4.78, 5) is 10.4. The largest absolute Gasteiger partial charge is 0.507 e. The molecule has 5 nitrogen and oxygen atoms in total. The highest BCUT2D eigenvalue weighted by Gasteiger charge is 2.05. The lowest BCUT2D eigenvalue weighted by Gasteiger charge is -2.04. The summed E-state index contributed by atoms with van der Waals surface area (Å²) in [5.41, 5.74) is 0.283. The van der Waals surface area contributed by atoms with Crippen LogP contribution in [0.15, 0.2) is 18.2 Å². The molecule has 0 aliphatic heterocycles. The fraction of sp³-hybridized carbons (Fsp3) is 0.125. The summed E-state index contributed by atoms with van der Waals surface area (Å²) in [5.74, 6) is -0.181. The second kappa shape index (κ2) is 3.67. The molecule has 0 atom stereocenters. The van der Waals surface area contributed by atoms with Crippen molar-refractivity contribution in [1.82, 2.24) is 0 Å². The molecule has 0 fully saturated rings. The van der Waals surface area contributed by atoms with Crippen molar-refractivity contribution in [3.8, 4) is 5.75 Å². The van der Waals surface area contributed by atoms with Crippen LogP contribution in [0.3, 0.4) is 0 Å². The summed E-state index contributed by atoms with van der Waals surface area (Å²) in [7, 11) is -3.36. The van der Waals surface area contributed by atoms with E-state index >= 15 is 0 Å². The Bertz CT molecular complexity index is 452. The van der Waals surface area contributed by atoms with E-state index in [9.17, 15) is 13.2 Å². The number of aromatic hydroxyl groups is 1. The van der Waals surface area contributed by atoms with E-state index in [0.717, 1.165) is 6.26 Å². The van der Waals surface area contributed by atoms with Gasteiger partial charge in [0.25, 0.3) is 0 Å². The molecule has 1 aromatic rings. The molecule has 0 amide bonds. The minimum absolute atomic E-state index is 0.0404. The van der Waals surface area contributed by atoms with Crippen LogP contribution < -0.4 is 4.72 Å². The number of sulfonamides is 1. The van der Waals surface area contributed by atoms with E-state index in [2.05, 4.69) is 4.72 Å². The first-order chi connectivity index (χ1) is 6.42. The minimum atomic E-state index is -3.36. The van der Waals surface area contributed by atoms with Crippen LogP contribution in [0.1, 0.15) is 10.4 Å². The van der Waals surface area contributed by atoms with E-state index in [0.29, 0.717) is 6.29 Å². The molecule has 0 aliphatic carbocycles. The van der Waals surface area contributed by atoms with Gasteiger partial charge in [-0.2, -0.15) is 0 Å². The lowest BCUT2D eigenvalue weighted by atomic mass is 10.2. The van der Waals surface area contributed by atoms with E-state index in [-0.39, 0.29) is 17.0 Å². The zero-order chi connectivity index (χ0) is 10.8. The van der Waals surface area contributed by atoms with Crippen LogP contribution >= 0.6 is 0 Å². The molecule has 0 aliphatic rings. The smallest absolute Gasteiger partial charge is 0.229 e. The van der Waals surface area contributed by atoms with E-state index in [1.165, 1.54) is 18.2 Å². The van der Waals surface area contributed by atoms with Gasteiger partial charge in [-0.25, -0.2) is 8.42 Å². The van der Waals surface area contributed by atoms with Crippen molar-refractivity contribution in [3.63, 3.8) is 0 Å². The van der Waals surface area contributed by atoms with Crippen LogP contribution in [-0.2, 0) is 10.0 Å². The Morgan fingerprint density at radius 2 is 2.07 bits per heavy atom. The molecule has 6 heteroatoms. The molecule has 0 saturated carbocycles. The van der Waals surface area contributed by atoms with Crippen molar-refractivity contribution in [2.75, 3.05) is 11.0 Å². The molecule has 0 radical (unpaired) electrons. The Hall–Kier alpha value is -1.56. The molecule has 1 rings (SSSR count). The molecule has 1 aromatic carbocycles. The first kappa shape index (κ1) is 10.5. The summed E-state index contributed by atoms with van der Waals surface area (Å²) >= 11 is 0. The van der Waals surface area contributed by atoms with Crippen LogP contribution in [0.25, 0.3) is 0 Å². The predicted molar refractivity (Wildman–Crippen MR) is 52.0 cm³/mol. The van der Waals surface area contributed by atoms with Crippen LogP contribution in [0.5, 0.6) is 5.75 Å². The molecule has 0 unspecified atom stereocenters. The summed E-state index contributed by atoms with van der Waals surface area (Å²) in [6, 6.07) is 3.87. The quantitative estimate of drug-likeness (QED) is 0.570. The van der Waals surface area contributed by atoms with Crippen LogP contribution in [0.2, 0.25) is 0 Å². The fourth-order valence-corrected chi connectivity index (χ4v) is 1.48. The van der Waals surface area contributed by atoms with Gasteiger partial charge in [-0.15, -0.1) is 0 Å². The number of hydrogen-bond donors (Lipinski definition) is 2. The summed E-state index contributed by atoms with van der Waals surface area (Å²) in [6.45, 7) is 0. The molecular formula is C8H9NO4S. The number of nitrogens with one attached hydrogen (secondary N) is 1. The topological polar surface area (TPSA) is 83.5 Å². The molecule has 0 aromatic heterocycles. The summed E-state index contributed by atoms with van der Waals surface area (Å²) in [5, 5.41) is 9.12. The van der Waals surface area contributed by atoms with Gasteiger partial charge in [-0.05, 0) is 18.2 Å². The van der Waals surface area contributed by atoms with Crippen molar-refractivity contribution in [2.45, 2.75) is 0 Å². The van der Waals surface area contributed by atoms with Gasteiger partial charge in [0.15, 0.2) is 6.29 Å². The Balaban J connectivity index is 3.07. The number of anilines is 1. The van der Waals surface area contributed by atoms with Gasteiger partial charge < -0.3 is 5.11 Å². The lowest BCUT2D eigenvalue weighted by molar-refractivity contribution is 0.112. The summed E-state index contributed by atoms with van der Waals surface area (Å²) < 4.78 is 23.8. The summed E-state index contributed by atoms with van der Waals surface area (Å²) in [6.07, 6.45) is 1.45. The molecule has 0 heterocycles. The number of rotatable bonds is 3. The van der Waals surface area contributed by atoms with Gasteiger partial charge in [0.1, 0.15) is 5.75 Å². The van der Waals surface area contributed by atoms with Crippen LogP contribution in [0, 0.1) is 0 Å². The first-order valence-electron chi connectivity index (χ1n) is 3.68. The van der Waals surface area contributed by atoms with Gasteiger partial charge in [0.2, 0.25) is 10.0 Å². The fourth-order valence-electron chi connectivity index (χ4n) is 0.926. The monoisotopic (exact) mass is 215 g/mol. The molecule has 14 heavy (non-hydrogen) atoms. The van der Waals surface area contributed by atoms with Crippen molar-refractivity contribution in [1.29, 1.82) is 0 Å². The van der Waals surface area contributed by atoms with E-state index in [1.807, 2.05) is 0 Å². The predicted octanol–water partition coefficient (Wildman–Crippen LogP) is 0.576. The number of carbonyl (C=O) groups excluding carboxylic acids is 1. The minimum Gasteiger partial charge on any atom is -0.507 e. The van der Waals surface area contributed by atoms with Crippen LogP contribution in [-0.4, -0.2) is 26.1 Å². The second-order valence-corrected chi connectivity index (χ2v) is 4.51. The molecule has 2 N–H and O–H groups in total. The van der Waals surface area contributed by atoms with Gasteiger partial charge in [-0.3, -0.25) is 9.52 Å². The maximum atomic E-state index is 10.8. The van der Waals surface area contributed by atoms with Crippen molar-refractivity contribution in [3.05, 3.63) is 23.8 Å². The third kappa shape index (κ3) is 2.74. The van der Waals surface area contributed by atoms with Gasteiger partial charge >= 0.3 is 0 Å². The third-order valence-electron chi connectivity index (χ3n) is 1.46. The Morgan fingerprint density at radius 1 is 1.43 bits per heavy atom. The normalized spacial score (nSPS) is 10.9. The lowest BCUT2D eigenvalue weighted by Crippen LogP contribution is -2.09. The molecule has 0 spiro atoms. The highest BCUT2D eigenvalue weighted by Crippen LogP contribution is 2.19. The number of phenols is 1. The molecule has 0 bridgehead atoms. The molecule has 76 valence electrons. The SMILES string of the molecule is CS(=O)(=O)Nc1ccc(O)c(C=O)c1. The van der Waals surface area contributed by atoms with E-state index in [4.69, 9.17) is 5.11 Å². The zero-order valence-electron chi connectivity index (χ0n) is 7.39. The number of hydrogen-bond acceptors (Lipinski definition) is 4. The number of carbonyl (C=O) groups is 1. The van der Waals surface area contributed by atoms with Gasteiger partial charge in [0.05, 0.1) is 11.8 Å². The highest BCUT2D eigenvalue weighted by atomic mass is 32.2. The van der Waals surface area contributed by atoms with Gasteiger partial charge in [-0.1, -0.05) is 0 Å². The Morgan fingerprint density at radius 3 is 2.57 bits per heavy atom. The maximum absolute atomic E-state index is 10.8. The average molecular weight is 215 g/mol.